The third-order valence-corrected chi connectivity index (χ3v) is 2.31. The highest BCUT2D eigenvalue weighted by Crippen LogP contribution is 2.24. The smallest absolute Gasteiger partial charge is 0.234 e. The van der Waals surface area contributed by atoms with Crippen LogP contribution in [-0.2, 0) is 4.89 Å². The van der Waals surface area contributed by atoms with Gasteiger partial charge in [0.2, 0.25) is 5.72 Å². The van der Waals surface area contributed by atoms with Gasteiger partial charge in [-0.25, -0.2) is 20.1 Å². The minimum atomic E-state index is -1.08. The van der Waals surface area contributed by atoms with Gasteiger partial charge < -0.3 is 0 Å². The Kier molecular flexibility index (Phi) is 2.38. The largest absolute Gasteiger partial charge is 0.249 e. The monoisotopic (exact) mass is 204 g/mol. The zero-order chi connectivity index (χ0) is 10.9. The Morgan fingerprint density at radius 3 is 2.53 bits per heavy atom. The molecule has 0 bridgehead atoms. The maximum atomic E-state index is 8.89. The molecule has 78 valence electrons. The zero-order valence-corrected chi connectivity index (χ0v) is 8.64. The highest BCUT2D eigenvalue weighted by Gasteiger charge is 2.37. The summed E-state index contributed by atoms with van der Waals surface area (Å²) in [5, 5.41) is 8.89. The minimum absolute atomic E-state index is 0.602. The molecule has 1 unspecified atom stereocenters. The predicted octanol–water partition coefficient (Wildman–Crippen LogP) is 2.11. The fourth-order valence-electron chi connectivity index (χ4n) is 1.64. The van der Waals surface area contributed by atoms with Crippen molar-refractivity contribution in [2.24, 2.45) is 9.98 Å². The molecule has 0 radical (unpaired) electrons. The maximum absolute atomic E-state index is 8.89. The first-order chi connectivity index (χ1) is 7.15. The van der Waals surface area contributed by atoms with Gasteiger partial charge in [0, 0.05) is 5.56 Å². The Morgan fingerprint density at radius 1 is 1.27 bits per heavy atom. The van der Waals surface area contributed by atoms with Crippen LogP contribution in [0.3, 0.4) is 0 Å². The summed E-state index contributed by atoms with van der Waals surface area (Å²) >= 11 is 0. The van der Waals surface area contributed by atoms with Crippen LogP contribution in [0.25, 0.3) is 0 Å². The molecule has 15 heavy (non-hydrogen) atoms. The van der Waals surface area contributed by atoms with Crippen LogP contribution in [0.15, 0.2) is 40.3 Å². The topological polar surface area (TPSA) is 54.2 Å². The van der Waals surface area contributed by atoms with Gasteiger partial charge in [-0.05, 0) is 13.8 Å². The molecule has 1 N–H and O–H groups in total. The molecule has 0 saturated carbocycles. The van der Waals surface area contributed by atoms with E-state index in [1.807, 2.05) is 30.3 Å². The van der Waals surface area contributed by atoms with E-state index in [9.17, 15) is 0 Å². The van der Waals surface area contributed by atoms with Gasteiger partial charge >= 0.3 is 0 Å². The van der Waals surface area contributed by atoms with E-state index < -0.39 is 5.72 Å². The van der Waals surface area contributed by atoms with Crippen LogP contribution in [0.2, 0.25) is 0 Å². The standard InChI is InChI=1S/C11H12N2O2/c1-8-12-10(11(2,13-8)15-14)9-6-4-3-5-7-9/h3-7,14H,1-2H3. The Hall–Kier alpha value is -1.52. The van der Waals surface area contributed by atoms with Crippen molar-refractivity contribution in [2.45, 2.75) is 19.6 Å². The summed E-state index contributed by atoms with van der Waals surface area (Å²) in [5.41, 5.74) is 0.448. The van der Waals surface area contributed by atoms with Gasteiger partial charge in [0.15, 0.2) is 0 Å². The lowest BCUT2D eigenvalue weighted by Crippen LogP contribution is -2.33. The highest BCUT2D eigenvalue weighted by molar-refractivity contribution is 6.15. The van der Waals surface area contributed by atoms with Gasteiger partial charge in [0.1, 0.15) is 11.5 Å². The van der Waals surface area contributed by atoms with Gasteiger partial charge in [-0.15, -0.1) is 0 Å². The Bertz CT molecular complexity index is 425. The number of benzene rings is 1. The number of hydrogen-bond acceptors (Lipinski definition) is 4. The molecule has 4 heteroatoms. The van der Waals surface area contributed by atoms with Crippen LogP contribution in [0.1, 0.15) is 19.4 Å². The molecule has 1 atom stereocenters. The summed E-state index contributed by atoms with van der Waals surface area (Å²) in [6.45, 7) is 3.45. The molecular weight excluding hydrogens is 192 g/mol. The molecule has 1 heterocycles. The second-order valence-corrected chi connectivity index (χ2v) is 3.56. The van der Waals surface area contributed by atoms with Crippen LogP contribution in [0.5, 0.6) is 0 Å². The van der Waals surface area contributed by atoms with Crippen molar-refractivity contribution in [1.29, 1.82) is 0 Å². The van der Waals surface area contributed by atoms with Crippen molar-refractivity contribution in [3.05, 3.63) is 35.9 Å². The summed E-state index contributed by atoms with van der Waals surface area (Å²) < 4.78 is 0. The number of hydrogen-bond donors (Lipinski definition) is 1. The first kappa shape index (κ1) is 10.0. The Balaban J connectivity index is 2.44. The fourth-order valence-corrected chi connectivity index (χ4v) is 1.64. The average Bonchev–Trinajstić information content (AvgIpc) is 2.56. The van der Waals surface area contributed by atoms with Crippen molar-refractivity contribution in [1.82, 2.24) is 0 Å². The van der Waals surface area contributed by atoms with Crippen LogP contribution < -0.4 is 0 Å². The van der Waals surface area contributed by atoms with Gasteiger partial charge in [-0.2, -0.15) is 0 Å². The van der Waals surface area contributed by atoms with Crippen molar-refractivity contribution in [3.63, 3.8) is 0 Å². The van der Waals surface area contributed by atoms with Gasteiger partial charge in [0.05, 0.1) is 0 Å². The van der Waals surface area contributed by atoms with Gasteiger partial charge in [0.25, 0.3) is 0 Å². The van der Waals surface area contributed by atoms with Crippen LogP contribution in [0, 0.1) is 0 Å². The van der Waals surface area contributed by atoms with Crippen molar-refractivity contribution >= 4 is 11.5 Å². The predicted molar refractivity (Wildman–Crippen MR) is 58.2 cm³/mol. The molecule has 1 aliphatic rings. The molecule has 0 fully saturated rings. The van der Waals surface area contributed by atoms with E-state index in [4.69, 9.17) is 5.26 Å². The maximum Gasteiger partial charge on any atom is 0.234 e. The van der Waals surface area contributed by atoms with Crippen LogP contribution in [-0.4, -0.2) is 22.5 Å². The Labute approximate surface area is 87.9 Å². The molecule has 1 aromatic rings. The molecule has 0 amide bonds. The normalized spacial score (nSPS) is 25.0. The zero-order valence-electron chi connectivity index (χ0n) is 8.64. The third-order valence-electron chi connectivity index (χ3n) is 2.31. The molecule has 0 aromatic heterocycles. The number of aliphatic imine (C=N–C) groups is 2. The summed E-state index contributed by atoms with van der Waals surface area (Å²) in [6, 6.07) is 9.55. The van der Waals surface area contributed by atoms with E-state index in [-0.39, 0.29) is 0 Å². The lowest BCUT2D eigenvalue weighted by Gasteiger charge is -2.18. The summed E-state index contributed by atoms with van der Waals surface area (Å²) in [6.07, 6.45) is 0. The fraction of sp³-hybridized carbons (Fsp3) is 0.273. The van der Waals surface area contributed by atoms with E-state index in [1.165, 1.54) is 0 Å². The van der Waals surface area contributed by atoms with E-state index in [1.54, 1.807) is 13.8 Å². The number of amidine groups is 1. The second kappa shape index (κ2) is 3.56. The van der Waals surface area contributed by atoms with Gasteiger partial charge in [-0.3, -0.25) is 0 Å². The molecule has 4 nitrogen and oxygen atoms in total. The second-order valence-electron chi connectivity index (χ2n) is 3.56. The summed E-state index contributed by atoms with van der Waals surface area (Å²) in [7, 11) is 0. The van der Waals surface area contributed by atoms with Gasteiger partial charge in [-0.1, -0.05) is 30.3 Å². The van der Waals surface area contributed by atoms with Crippen LogP contribution >= 0.6 is 0 Å². The number of nitrogens with zero attached hydrogens (tertiary/aromatic N) is 2. The number of rotatable bonds is 2. The van der Waals surface area contributed by atoms with Crippen molar-refractivity contribution in [2.75, 3.05) is 0 Å². The Morgan fingerprint density at radius 2 is 1.93 bits per heavy atom. The first-order valence-corrected chi connectivity index (χ1v) is 4.69. The highest BCUT2D eigenvalue weighted by atomic mass is 17.1. The van der Waals surface area contributed by atoms with Crippen molar-refractivity contribution in [3.8, 4) is 0 Å². The van der Waals surface area contributed by atoms with E-state index in [2.05, 4.69) is 14.9 Å². The lowest BCUT2D eigenvalue weighted by atomic mass is 10.0. The van der Waals surface area contributed by atoms with Crippen molar-refractivity contribution < 1.29 is 10.1 Å². The minimum Gasteiger partial charge on any atom is -0.249 e. The van der Waals surface area contributed by atoms with E-state index in [0.717, 1.165) is 5.56 Å². The summed E-state index contributed by atoms with van der Waals surface area (Å²) in [4.78, 5) is 12.8. The SMILES string of the molecule is CC1=NC(C)(OO)C(c2ccccc2)=N1. The lowest BCUT2D eigenvalue weighted by molar-refractivity contribution is -0.291. The molecule has 0 spiro atoms. The van der Waals surface area contributed by atoms with Crippen LogP contribution in [0.4, 0.5) is 0 Å². The molecule has 1 aliphatic heterocycles. The first-order valence-electron chi connectivity index (χ1n) is 4.69. The van der Waals surface area contributed by atoms with E-state index >= 15 is 0 Å². The third kappa shape index (κ3) is 1.69. The molecule has 0 aliphatic carbocycles. The summed E-state index contributed by atoms with van der Waals surface area (Å²) in [5.74, 6) is 0.602. The molecule has 1 aromatic carbocycles. The van der Waals surface area contributed by atoms with E-state index in [0.29, 0.717) is 11.5 Å². The molecular formula is C11H12N2O2. The quantitative estimate of drug-likeness (QED) is 0.592. The molecule has 2 rings (SSSR count). The molecule has 0 saturated heterocycles. The average molecular weight is 204 g/mol.